The molecule has 2 unspecified atom stereocenters. The molecule has 19 heavy (non-hydrogen) atoms. The lowest BCUT2D eigenvalue weighted by molar-refractivity contribution is 0.0307. The van der Waals surface area contributed by atoms with Crippen molar-refractivity contribution in [1.82, 2.24) is 20.0 Å². The van der Waals surface area contributed by atoms with E-state index in [1.54, 1.807) is 0 Å². The van der Waals surface area contributed by atoms with Gasteiger partial charge < -0.3 is 15.3 Å². The number of aromatic nitrogens is 2. The van der Waals surface area contributed by atoms with Crippen LogP contribution < -0.4 is 5.32 Å². The van der Waals surface area contributed by atoms with E-state index in [1.165, 1.54) is 17.7 Å². The standard InChI is InChI=1S/C14H26N4O/c1-14(19,10-17(2)3)9-15-12-6-5-7-13-11(12)8-16-18(13)4/h8,12,15,19H,5-7,9-10H2,1-4H3. The van der Waals surface area contributed by atoms with E-state index in [0.717, 1.165) is 12.8 Å². The summed E-state index contributed by atoms with van der Waals surface area (Å²) in [6, 6.07) is 0.325. The molecular formula is C14H26N4O. The monoisotopic (exact) mass is 266 g/mol. The van der Waals surface area contributed by atoms with E-state index in [-0.39, 0.29) is 0 Å². The molecule has 108 valence electrons. The average Bonchev–Trinajstić information content (AvgIpc) is 2.68. The minimum atomic E-state index is -0.705. The van der Waals surface area contributed by atoms with E-state index in [9.17, 15) is 5.11 Å². The number of aliphatic hydroxyl groups is 1. The summed E-state index contributed by atoms with van der Waals surface area (Å²) in [4.78, 5) is 2.01. The maximum absolute atomic E-state index is 10.3. The van der Waals surface area contributed by atoms with Crippen molar-refractivity contribution < 1.29 is 5.11 Å². The van der Waals surface area contributed by atoms with E-state index in [0.29, 0.717) is 19.1 Å². The smallest absolute Gasteiger partial charge is 0.0869 e. The Bertz CT molecular complexity index is 425. The maximum Gasteiger partial charge on any atom is 0.0869 e. The predicted molar refractivity (Wildman–Crippen MR) is 76.1 cm³/mol. The Morgan fingerprint density at radius 1 is 1.58 bits per heavy atom. The van der Waals surface area contributed by atoms with Crippen LogP contribution in [0.15, 0.2) is 6.20 Å². The molecule has 2 rings (SSSR count). The minimum Gasteiger partial charge on any atom is -0.388 e. The summed E-state index contributed by atoms with van der Waals surface area (Å²) in [6.07, 6.45) is 5.38. The maximum atomic E-state index is 10.3. The molecule has 0 radical (unpaired) electrons. The molecule has 0 aliphatic heterocycles. The van der Waals surface area contributed by atoms with Gasteiger partial charge in [-0.1, -0.05) is 0 Å². The zero-order valence-electron chi connectivity index (χ0n) is 12.5. The molecular weight excluding hydrogens is 240 g/mol. The molecule has 0 saturated heterocycles. The molecule has 1 aromatic heterocycles. The van der Waals surface area contributed by atoms with E-state index in [4.69, 9.17) is 0 Å². The van der Waals surface area contributed by atoms with Crippen LogP contribution in [0.25, 0.3) is 0 Å². The molecule has 0 aromatic carbocycles. The van der Waals surface area contributed by atoms with E-state index in [1.807, 2.05) is 43.8 Å². The van der Waals surface area contributed by atoms with Crippen LogP contribution in [-0.4, -0.2) is 52.6 Å². The third-order valence-electron chi connectivity index (χ3n) is 3.76. The first kappa shape index (κ1) is 14.5. The zero-order valence-corrected chi connectivity index (χ0v) is 12.5. The Morgan fingerprint density at radius 2 is 2.32 bits per heavy atom. The third-order valence-corrected chi connectivity index (χ3v) is 3.76. The van der Waals surface area contributed by atoms with Crippen LogP contribution in [0.4, 0.5) is 0 Å². The zero-order chi connectivity index (χ0) is 14.0. The molecule has 2 atom stereocenters. The summed E-state index contributed by atoms with van der Waals surface area (Å²) in [5.74, 6) is 0. The van der Waals surface area contributed by atoms with Crippen LogP contribution in [0.3, 0.4) is 0 Å². The molecule has 0 spiro atoms. The highest BCUT2D eigenvalue weighted by molar-refractivity contribution is 5.24. The number of hydrogen-bond acceptors (Lipinski definition) is 4. The van der Waals surface area contributed by atoms with Gasteiger partial charge in [0.25, 0.3) is 0 Å². The van der Waals surface area contributed by atoms with Crippen LogP contribution in [0.5, 0.6) is 0 Å². The van der Waals surface area contributed by atoms with Crippen molar-refractivity contribution in [2.75, 3.05) is 27.2 Å². The Morgan fingerprint density at radius 3 is 3.00 bits per heavy atom. The molecule has 0 amide bonds. The van der Waals surface area contributed by atoms with Gasteiger partial charge in [0.15, 0.2) is 0 Å². The number of likely N-dealkylation sites (N-methyl/N-ethyl adjacent to an activating group) is 1. The summed E-state index contributed by atoms with van der Waals surface area (Å²) in [6.45, 7) is 3.14. The van der Waals surface area contributed by atoms with Crippen molar-refractivity contribution in [1.29, 1.82) is 0 Å². The predicted octanol–water partition coefficient (Wildman–Crippen LogP) is 0.700. The molecule has 2 N–H and O–H groups in total. The molecule has 1 aromatic rings. The lowest BCUT2D eigenvalue weighted by Crippen LogP contribution is -2.46. The Hall–Kier alpha value is -0.910. The molecule has 0 saturated carbocycles. The highest BCUT2D eigenvalue weighted by Gasteiger charge is 2.27. The summed E-state index contributed by atoms with van der Waals surface area (Å²) < 4.78 is 1.97. The van der Waals surface area contributed by atoms with Crippen molar-refractivity contribution in [2.24, 2.45) is 7.05 Å². The number of nitrogens with one attached hydrogen (secondary N) is 1. The lowest BCUT2D eigenvalue weighted by atomic mass is 9.92. The van der Waals surface area contributed by atoms with Crippen LogP contribution >= 0.6 is 0 Å². The van der Waals surface area contributed by atoms with Crippen molar-refractivity contribution in [3.05, 3.63) is 17.5 Å². The summed E-state index contributed by atoms with van der Waals surface area (Å²) in [5, 5.41) is 18.2. The fraction of sp³-hybridized carbons (Fsp3) is 0.786. The van der Waals surface area contributed by atoms with Crippen molar-refractivity contribution in [3.63, 3.8) is 0 Å². The Balaban J connectivity index is 1.98. The Kier molecular flexibility index (Phi) is 4.28. The van der Waals surface area contributed by atoms with Gasteiger partial charge in [-0.2, -0.15) is 5.10 Å². The normalized spacial score (nSPS) is 22.3. The largest absolute Gasteiger partial charge is 0.388 e. The van der Waals surface area contributed by atoms with Gasteiger partial charge in [-0.3, -0.25) is 4.68 Å². The molecule has 1 aliphatic rings. The average molecular weight is 266 g/mol. The summed E-state index contributed by atoms with van der Waals surface area (Å²) in [5.41, 5.74) is 1.92. The first-order valence-electron chi connectivity index (χ1n) is 7.00. The van der Waals surface area contributed by atoms with Gasteiger partial charge in [0, 0.05) is 37.4 Å². The third kappa shape index (κ3) is 3.55. The molecule has 0 fully saturated rings. The summed E-state index contributed by atoms with van der Waals surface area (Å²) >= 11 is 0. The van der Waals surface area contributed by atoms with Crippen molar-refractivity contribution in [2.45, 2.75) is 37.8 Å². The number of nitrogens with zero attached hydrogens (tertiary/aromatic N) is 3. The minimum absolute atomic E-state index is 0.325. The van der Waals surface area contributed by atoms with E-state index < -0.39 is 5.60 Å². The van der Waals surface area contributed by atoms with Gasteiger partial charge >= 0.3 is 0 Å². The van der Waals surface area contributed by atoms with Gasteiger partial charge in [-0.05, 0) is 40.3 Å². The summed E-state index contributed by atoms with van der Waals surface area (Å²) in [7, 11) is 5.96. The van der Waals surface area contributed by atoms with E-state index in [2.05, 4.69) is 10.4 Å². The number of aryl methyl sites for hydroxylation is 1. The first-order chi connectivity index (χ1) is 8.89. The first-order valence-corrected chi connectivity index (χ1v) is 7.00. The fourth-order valence-corrected chi connectivity index (χ4v) is 3.00. The number of hydrogen-bond donors (Lipinski definition) is 2. The fourth-order valence-electron chi connectivity index (χ4n) is 3.00. The van der Waals surface area contributed by atoms with Gasteiger partial charge in [0.2, 0.25) is 0 Å². The van der Waals surface area contributed by atoms with Crippen LogP contribution in [0.1, 0.15) is 37.1 Å². The van der Waals surface area contributed by atoms with Crippen molar-refractivity contribution >= 4 is 0 Å². The van der Waals surface area contributed by atoms with Crippen LogP contribution in [-0.2, 0) is 13.5 Å². The highest BCUT2D eigenvalue weighted by atomic mass is 16.3. The van der Waals surface area contributed by atoms with E-state index >= 15 is 0 Å². The topological polar surface area (TPSA) is 53.3 Å². The molecule has 5 heteroatoms. The molecule has 1 aliphatic carbocycles. The van der Waals surface area contributed by atoms with Crippen molar-refractivity contribution in [3.8, 4) is 0 Å². The Labute approximate surface area is 115 Å². The van der Waals surface area contributed by atoms with Gasteiger partial charge in [-0.15, -0.1) is 0 Å². The SMILES string of the molecule is CN(C)CC(C)(O)CNC1CCCc2c1cnn2C. The molecule has 0 bridgehead atoms. The number of fused-ring (bicyclic) bond motifs is 1. The second kappa shape index (κ2) is 5.61. The highest BCUT2D eigenvalue weighted by Crippen LogP contribution is 2.29. The second-order valence-corrected chi connectivity index (χ2v) is 6.23. The van der Waals surface area contributed by atoms with Gasteiger partial charge in [0.1, 0.15) is 0 Å². The van der Waals surface area contributed by atoms with Crippen LogP contribution in [0.2, 0.25) is 0 Å². The lowest BCUT2D eigenvalue weighted by Gasteiger charge is -2.31. The van der Waals surface area contributed by atoms with Gasteiger partial charge in [-0.25, -0.2) is 0 Å². The second-order valence-electron chi connectivity index (χ2n) is 6.23. The van der Waals surface area contributed by atoms with Gasteiger partial charge in [0.05, 0.1) is 11.8 Å². The quantitative estimate of drug-likeness (QED) is 0.824. The number of rotatable bonds is 5. The molecule has 5 nitrogen and oxygen atoms in total. The van der Waals surface area contributed by atoms with Crippen LogP contribution in [0, 0.1) is 0 Å². The molecule has 1 heterocycles.